The maximum atomic E-state index is 12.2. The number of nitrogens with one attached hydrogen (secondary N) is 1. The Hall–Kier alpha value is -2.41. The number of rotatable bonds is 8. The normalized spacial score (nSPS) is 14.4. The first kappa shape index (κ1) is 19.6. The standard InChI is InChI=1S/C17H24N2O5/c1-10(2)16(11(3)4,14(21)22)19-17(13(18)20,15(23)24)12-8-6-5-7-9-12/h5-11,19H,1-4H3,(H2,18,20)(H,21,22)(H,23,24). The highest BCUT2D eigenvalue weighted by Crippen LogP contribution is 2.33. The van der Waals surface area contributed by atoms with Crippen LogP contribution in [0.1, 0.15) is 33.3 Å². The first-order valence-corrected chi connectivity index (χ1v) is 7.65. The van der Waals surface area contributed by atoms with Crippen LogP contribution in [-0.4, -0.2) is 33.6 Å². The first-order valence-electron chi connectivity index (χ1n) is 7.65. The van der Waals surface area contributed by atoms with E-state index in [2.05, 4.69) is 5.32 Å². The molecular weight excluding hydrogens is 312 g/mol. The van der Waals surface area contributed by atoms with Crippen LogP contribution in [0.2, 0.25) is 0 Å². The van der Waals surface area contributed by atoms with E-state index in [0.29, 0.717) is 0 Å². The molecule has 132 valence electrons. The van der Waals surface area contributed by atoms with Gasteiger partial charge in [-0.1, -0.05) is 58.0 Å². The topological polar surface area (TPSA) is 130 Å². The van der Waals surface area contributed by atoms with Crippen LogP contribution in [0.15, 0.2) is 30.3 Å². The van der Waals surface area contributed by atoms with Crippen molar-refractivity contribution in [2.75, 3.05) is 0 Å². The first-order chi connectivity index (χ1) is 11.0. The predicted octanol–water partition coefficient (Wildman–Crippen LogP) is 1.18. The zero-order valence-corrected chi connectivity index (χ0v) is 14.2. The number of hydrogen-bond acceptors (Lipinski definition) is 4. The minimum absolute atomic E-state index is 0.0805. The maximum absolute atomic E-state index is 12.2. The predicted molar refractivity (Wildman–Crippen MR) is 88.1 cm³/mol. The third kappa shape index (κ3) is 2.99. The highest BCUT2D eigenvalue weighted by molar-refractivity contribution is 6.07. The Balaban J connectivity index is 3.71. The minimum atomic E-state index is -2.35. The molecule has 1 unspecified atom stereocenters. The third-order valence-corrected chi connectivity index (χ3v) is 4.47. The van der Waals surface area contributed by atoms with Crippen molar-refractivity contribution in [3.8, 4) is 0 Å². The SMILES string of the molecule is CC(C)C(NC(C(N)=O)(C(=O)O)c1ccccc1)(C(=O)O)C(C)C. The second-order valence-corrected chi connectivity index (χ2v) is 6.39. The van der Waals surface area contributed by atoms with Gasteiger partial charge in [-0.2, -0.15) is 0 Å². The summed E-state index contributed by atoms with van der Waals surface area (Å²) in [5.74, 6) is -4.97. The van der Waals surface area contributed by atoms with Gasteiger partial charge in [0.1, 0.15) is 5.54 Å². The van der Waals surface area contributed by atoms with Crippen LogP contribution in [0.4, 0.5) is 0 Å². The minimum Gasteiger partial charge on any atom is -0.480 e. The fourth-order valence-electron chi connectivity index (χ4n) is 3.06. The quantitative estimate of drug-likeness (QED) is 0.527. The monoisotopic (exact) mass is 336 g/mol. The van der Waals surface area contributed by atoms with E-state index in [-0.39, 0.29) is 5.56 Å². The molecule has 7 nitrogen and oxygen atoms in total. The van der Waals surface area contributed by atoms with Gasteiger partial charge in [-0.05, 0) is 17.4 Å². The van der Waals surface area contributed by atoms with Crippen molar-refractivity contribution in [3.05, 3.63) is 35.9 Å². The van der Waals surface area contributed by atoms with Gasteiger partial charge >= 0.3 is 11.9 Å². The van der Waals surface area contributed by atoms with Crippen molar-refractivity contribution in [3.63, 3.8) is 0 Å². The molecule has 1 aromatic carbocycles. The second-order valence-electron chi connectivity index (χ2n) is 6.39. The number of hydrogen-bond donors (Lipinski definition) is 4. The van der Waals surface area contributed by atoms with Crippen LogP contribution in [0, 0.1) is 11.8 Å². The Labute approximate surface area is 140 Å². The molecule has 0 aliphatic heterocycles. The molecule has 0 bridgehead atoms. The van der Waals surface area contributed by atoms with Crippen molar-refractivity contribution in [1.82, 2.24) is 5.32 Å². The molecule has 7 heteroatoms. The van der Waals surface area contributed by atoms with Gasteiger partial charge in [0.25, 0.3) is 5.91 Å². The Morgan fingerprint density at radius 2 is 1.42 bits per heavy atom. The molecule has 0 radical (unpaired) electrons. The van der Waals surface area contributed by atoms with E-state index in [1.165, 1.54) is 12.1 Å². The van der Waals surface area contributed by atoms with E-state index < -0.39 is 40.8 Å². The van der Waals surface area contributed by atoms with Crippen molar-refractivity contribution in [1.29, 1.82) is 0 Å². The van der Waals surface area contributed by atoms with Crippen LogP contribution >= 0.6 is 0 Å². The molecule has 1 amide bonds. The van der Waals surface area contributed by atoms with Crippen LogP contribution in [0.5, 0.6) is 0 Å². The average Bonchev–Trinajstić information content (AvgIpc) is 2.47. The van der Waals surface area contributed by atoms with E-state index >= 15 is 0 Å². The largest absolute Gasteiger partial charge is 0.480 e. The highest BCUT2D eigenvalue weighted by Gasteiger charge is 2.56. The van der Waals surface area contributed by atoms with Crippen molar-refractivity contribution in [2.24, 2.45) is 17.6 Å². The van der Waals surface area contributed by atoms with Gasteiger partial charge in [-0.15, -0.1) is 0 Å². The lowest BCUT2D eigenvalue weighted by Crippen LogP contribution is -2.71. The molecule has 1 aromatic rings. The van der Waals surface area contributed by atoms with Crippen molar-refractivity contribution >= 4 is 17.8 Å². The number of carbonyl (C=O) groups is 3. The number of carbonyl (C=O) groups excluding carboxylic acids is 1. The van der Waals surface area contributed by atoms with E-state index in [1.54, 1.807) is 45.9 Å². The van der Waals surface area contributed by atoms with Crippen LogP contribution in [0.25, 0.3) is 0 Å². The van der Waals surface area contributed by atoms with Crippen LogP contribution in [0.3, 0.4) is 0 Å². The maximum Gasteiger partial charge on any atom is 0.338 e. The number of benzene rings is 1. The molecule has 1 rings (SSSR count). The van der Waals surface area contributed by atoms with E-state index in [4.69, 9.17) is 5.73 Å². The molecule has 0 aliphatic carbocycles. The van der Waals surface area contributed by atoms with Gasteiger partial charge in [0.05, 0.1) is 0 Å². The van der Waals surface area contributed by atoms with Gasteiger partial charge in [-0.25, -0.2) is 4.79 Å². The van der Waals surface area contributed by atoms with E-state index in [0.717, 1.165) is 0 Å². The molecule has 0 saturated heterocycles. The van der Waals surface area contributed by atoms with Gasteiger partial charge in [-0.3, -0.25) is 14.9 Å². The van der Waals surface area contributed by atoms with E-state index in [1.807, 2.05) is 0 Å². The zero-order valence-electron chi connectivity index (χ0n) is 14.2. The number of aliphatic carboxylic acids is 2. The molecule has 0 aliphatic rings. The highest BCUT2D eigenvalue weighted by atomic mass is 16.4. The number of carboxylic acids is 2. The van der Waals surface area contributed by atoms with Crippen LogP contribution < -0.4 is 11.1 Å². The molecular formula is C17H24N2O5. The Bertz CT molecular complexity index is 603. The van der Waals surface area contributed by atoms with Crippen molar-refractivity contribution < 1.29 is 24.6 Å². The molecule has 24 heavy (non-hydrogen) atoms. The molecule has 0 spiro atoms. The lowest BCUT2D eigenvalue weighted by molar-refractivity contribution is -0.159. The number of primary amides is 1. The third-order valence-electron chi connectivity index (χ3n) is 4.47. The number of amides is 1. The summed E-state index contributed by atoms with van der Waals surface area (Å²) in [7, 11) is 0. The second kappa shape index (κ2) is 7.00. The fraction of sp³-hybridized carbons (Fsp3) is 0.471. The fourth-order valence-corrected chi connectivity index (χ4v) is 3.06. The van der Waals surface area contributed by atoms with Gasteiger partial charge in [0.15, 0.2) is 0 Å². The number of carboxylic acid groups (broad SMARTS) is 2. The summed E-state index contributed by atoms with van der Waals surface area (Å²) >= 11 is 0. The summed E-state index contributed by atoms with van der Waals surface area (Å²) in [4.78, 5) is 36.3. The molecule has 0 fully saturated rings. The van der Waals surface area contributed by atoms with Crippen LogP contribution in [-0.2, 0) is 19.9 Å². The molecule has 0 saturated carbocycles. The zero-order chi connectivity index (χ0) is 18.7. The lowest BCUT2D eigenvalue weighted by Gasteiger charge is -2.44. The number of nitrogens with two attached hydrogens (primary N) is 1. The summed E-state index contributed by atoms with van der Waals surface area (Å²) in [5.41, 5.74) is 1.50. The lowest BCUT2D eigenvalue weighted by atomic mass is 9.73. The smallest absolute Gasteiger partial charge is 0.338 e. The summed E-state index contributed by atoms with van der Waals surface area (Å²) in [6.07, 6.45) is 0. The van der Waals surface area contributed by atoms with Crippen molar-refractivity contribution in [2.45, 2.75) is 38.8 Å². The Kier molecular flexibility index (Phi) is 5.73. The molecule has 1 atom stereocenters. The average molecular weight is 336 g/mol. The molecule has 5 N–H and O–H groups in total. The Morgan fingerprint density at radius 3 is 1.71 bits per heavy atom. The molecule has 0 heterocycles. The summed E-state index contributed by atoms with van der Waals surface area (Å²) in [5, 5.41) is 22.3. The van der Waals surface area contributed by atoms with Gasteiger partial charge < -0.3 is 15.9 Å². The molecule has 0 aromatic heterocycles. The summed E-state index contributed by atoms with van der Waals surface area (Å²) in [6, 6.07) is 7.64. The van der Waals surface area contributed by atoms with Gasteiger partial charge in [0.2, 0.25) is 5.54 Å². The van der Waals surface area contributed by atoms with E-state index in [9.17, 15) is 24.6 Å². The summed E-state index contributed by atoms with van der Waals surface area (Å²) < 4.78 is 0. The Morgan fingerprint density at radius 1 is 0.958 bits per heavy atom. The summed E-state index contributed by atoms with van der Waals surface area (Å²) in [6.45, 7) is 6.61. The van der Waals surface area contributed by atoms with Gasteiger partial charge in [0, 0.05) is 0 Å².